The zero-order valence-corrected chi connectivity index (χ0v) is 11.3. The first-order valence-electron chi connectivity index (χ1n) is 6.25. The third-order valence-electron chi connectivity index (χ3n) is 3.25. The van der Waals surface area contributed by atoms with Crippen LogP contribution in [0.25, 0.3) is 0 Å². The van der Waals surface area contributed by atoms with E-state index >= 15 is 0 Å². The number of aliphatic carboxylic acids is 1. The molecule has 1 aliphatic heterocycles. The van der Waals surface area contributed by atoms with Crippen molar-refractivity contribution in [2.75, 3.05) is 33.8 Å². The fourth-order valence-corrected chi connectivity index (χ4v) is 2.05. The standard InChI is InChI=1S/C12H20N2O5/c1-13(7-5-10(15)19-2)12(18)14-6-3-4-9(8-14)11(16)17/h9H,3-8H2,1-2H3,(H,16,17). The molecule has 0 aromatic heterocycles. The van der Waals surface area contributed by atoms with Crippen LogP contribution in [0.4, 0.5) is 4.79 Å². The number of carbonyl (C=O) groups is 3. The summed E-state index contributed by atoms with van der Waals surface area (Å²) < 4.78 is 4.51. The maximum atomic E-state index is 12.1. The largest absolute Gasteiger partial charge is 0.481 e. The Balaban J connectivity index is 2.47. The third-order valence-corrected chi connectivity index (χ3v) is 3.25. The highest BCUT2D eigenvalue weighted by Crippen LogP contribution is 2.17. The van der Waals surface area contributed by atoms with Crippen LogP contribution in [-0.4, -0.2) is 66.7 Å². The van der Waals surface area contributed by atoms with E-state index in [1.165, 1.54) is 16.9 Å². The molecule has 0 radical (unpaired) electrons. The van der Waals surface area contributed by atoms with E-state index in [1.54, 1.807) is 7.05 Å². The highest BCUT2D eigenvalue weighted by atomic mass is 16.5. The van der Waals surface area contributed by atoms with Crippen molar-refractivity contribution in [3.63, 3.8) is 0 Å². The molecule has 1 N–H and O–H groups in total. The summed E-state index contributed by atoms with van der Waals surface area (Å²) >= 11 is 0. The van der Waals surface area contributed by atoms with Crippen LogP contribution in [0.3, 0.4) is 0 Å². The fraction of sp³-hybridized carbons (Fsp3) is 0.750. The summed E-state index contributed by atoms with van der Waals surface area (Å²) in [4.78, 5) is 37.0. The molecule has 0 spiro atoms. The van der Waals surface area contributed by atoms with E-state index in [9.17, 15) is 14.4 Å². The minimum absolute atomic E-state index is 0.134. The van der Waals surface area contributed by atoms with Crippen LogP contribution in [0.15, 0.2) is 0 Å². The predicted octanol–water partition coefficient (Wildman–Crippen LogP) is 0.398. The average Bonchev–Trinajstić information content (AvgIpc) is 2.43. The van der Waals surface area contributed by atoms with Gasteiger partial charge >= 0.3 is 18.0 Å². The monoisotopic (exact) mass is 272 g/mol. The number of urea groups is 1. The first-order chi connectivity index (χ1) is 8.95. The predicted molar refractivity (Wildman–Crippen MR) is 66.6 cm³/mol. The molecule has 0 aromatic carbocycles. The SMILES string of the molecule is COC(=O)CCN(C)C(=O)N1CCCC(C(=O)O)C1. The second-order valence-electron chi connectivity index (χ2n) is 4.65. The molecule has 0 aliphatic carbocycles. The van der Waals surface area contributed by atoms with Gasteiger partial charge in [0.05, 0.1) is 19.4 Å². The van der Waals surface area contributed by atoms with E-state index in [4.69, 9.17) is 5.11 Å². The molecule has 19 heavy (non-hydrogen) atoms. The van der Waals surface area contributed by atoms with E-state index in [0.29, 0.717) is 19.4 Å². The Morgan fingerprint density at radius 1 is 1.42 bits per heavy atom. The van der Waals surface area contributed by atoms with Gasteiger partial charge in [-0.15, -0.1) is 0 Å². The van der Waals surface area contributed by atoms with Gasteiger partial charge in [0.2, 0.25) is 0 Å². The molecule has 1 rings (SSSR count). The smallest absolute Gasteiger partial charge is 0.319 e. The zero-order chi connectivity index (χ0) is 14.4. The molecule has 1 saturated heterocycles. The summed E-state index contributed by atoms with van der Waals surface area (Å²) in [6.45, 7) is 1.06. The lowest BCUT2D eigenvalue weighted by Gasteiger charge is -2.33. The van der Waals surface area contributed by atoms with Gasteiger partial charge in [0.1, 0.15) is 0 Å². The number of nitrogens with zero attached hydrogens (tertiary/aromatic N) is 2. The Bertz CT molecular complexity index is 358. The first-order valence-corrected chi connectivity index (χ1v) is 6.25. The van der Waals surface area contributed by atoms with Gasteiger partial charge in [-0.05, 0) is 12.8 Å². The number of hydrogen-bond donors (Lipinski definition) is 1. The van der Waals surface area contributed by atoms with Crippen LogP contribution in [0.1, 0.15) is 19.3 Å². The van der Waals surface area contributed by atoms with Gasteiger partial charge in [0, 0.05) is 26.7 Å². The Kier molecular flexibility index (Phi) is 5.59. The number of methoxy groups -OCH3 is 1. The summed E-state index contributed by atoms with van der Waals surface area (Å²) in [5, 5.41) is 8.97. The van der Waals surface area contributed by atoms with Crippen molar-refractivity contribution in [3.05, 3.63) is 0 Å². The number of carbonyl (C=O) groups excluding carboxylic acids is 2. The third kappa shape index (κ3) is 4.42. The summed E-state index contributed by atoms with van der Waals surface area (Å²) in [6, 6.07) is -0.241. The summed E-state index contributed by atoms with van der Waals surface area (Å²) in [5.41, 5.74) is 0. The molecular weight excluding hydrogens is 252 g/mol. The van der Waals surface area contributed by atoms with Crippen LogP contribution >= 0.6 is 0 Å². The van der Waals surface area contributed by atoms with Crippen molar-refractivity contribution in [1.29, 1.82) is 0 Å². The van der Waals surface area contributed by atoms with Crippen LogP contribution in [0, 0.1) is 5.92 Å². The molecule has 7 heteroatoms. The van der Waals surface area contributed by atoms with Crippen LogP contribution in [-0.2, 0) is 14.3 Å². The molecule has 7 nitrogen and oxygen atoms in total. The van der Waals surface area contributed by atoms with E-state index in [0.717, 1.165) is 0 Å². The lowest BCUT2D eigenvalue weighted by atomic mass is 9.99. The van der Waals surface area contributed by atoms with Gasteiger partial charge < -0.3 is 19.6 Å². The Morgan fingerprint density at radius 3 is 2.68 bits per heavy atom. The van der Waals surface area contributed by atoms with E-state index in [-0.39, 0.29) is 31.5 Å². The second-order valence-corrected chi connectivity index (χ2v) is 4.65. The van der Waals surface area contributed by atoms with Gasteiger partial charge in [-0.1, -0.05) is 0 Å². The summed E-state index contributed by atoms with van der Waals surface area (Å²) in [7, 11) is 2.89. The average molecular weight is 272 g/mol. The molecule has 0 saturated carbocycles. The van der Waals surface area contributed by atoms with Crippen molar-refractivity contribution in [2.45, 2.75) is 19.3 Å². The van der Waals surface area contributed by atoms with Crippen molar-refractivity contribution >= 4 is 18.0 Å². The van der Waals surface area contributed by atoms with Crippen LogP contribution < -0.4 is 0 Å². The molecule has 1 heterocycles. The molecular formula is C12H20N2O5. The second kappa shape index (κ2) is 6.96. The molecule has 0 bridgehead atoms. The Hall–Kier alpha value is -1.79. The van der Waals surface area contributed by atoms with Gasteiger partial charge in [0.15, 0.2) is 0 Å². The van der Waals surface area contributed by atoms with Crippen molar-refractivity contribution in [3.8, 4) is 0 Å². The number of rotatable bonds is 4. The van der Waals surface area contributed by atoms with E-state index < -0.39 is 11.9 Å². The van der Waals surface area contributed by atoms with E-state index in [2.05, 4.69) is 4.74 Å². The number of carboxylic acid groups (broad SMARTS) is 1. The number of piperidine rings is 1. The van der Waals surface area contributed by atoms with Gasteiger partial charge in [-0.25, -0.2) is 4.79 Å². The summed E-state index contributed by atoms with van der Waals surface area (Å²) in [5.74, 6) is -1.73. The molecule has 0 aromatic rings. The lowest BCUT2D eigenvalue weighted by molar-refractivity contribution is -0.143. The molecule has 1 unspecified atom stereocenters. The van der Waals surface area contributed by atoms with Gasteiger partial charge in [0.25, 0.3) is 0 Å². The van der Waals surface area contributed by atoms with Gasteiger partial charge in [-0.3, -0.25) is 9.59 Å². The van der Waals surface area contributed by atoms with Crippen molar-refractivity contribution in [1.82, 2.24) is 9.80 Å². The number of likely N-dealkylation sites (tertiary alicyclic amines) is 1. The minimum atomic E-state index is -0.866. The molecule has 1 fully saturated rings. The Labute approximate surface area is 112 Å². The number of hydrogen-bond acceptors (Lipinski definition) is 4. The molecule has 1 aliphatic rings. The normalized spacial score (nSPS) is 18.8. The number of carboxylic acids is 1. The quantitative estimate of drug-likeness (QED) is 0.748. The van der Waals surface area contributed by atoms with Crippen LogP contribution in [0.5, 0.6) is 0 Å². The zero-order valence-electron chi connectivity index (χ0n) is 11.3. The maximum absolute atomic E-state index is 12.1. The van der Waals surface area contributed by atoms with Gasteiger partial charge in [-0.2, -0.15) is 0 Å². The number of ether oxygens (including phenoxy) is 1. The molecule has 108 valence electrons. The highest BCUT2D eigenvalue weighted by molar-refractivity contribution is 5.77. The Morgan fingerprint density at radius 2 is 2.11 bits per heavy atom. The minimum Gasteiger partial charge on any atom is -0.481 e. The lowest BCUT2D eigenvalue weighted by Crippen LogP contribution is -2.48. The van der Waals surface area contributed by atoms with Crippen LogP contribution in [0.2, 0.25) is 0 Å². The molecule has 2 amide bonds. The van der Waals surface area contributed by atoms with Crippen molar-refractivity contribution in [2.24, 2.45) is 5.92 Å². The van der Waals surface area contributed by atoms with E-state index in [1.807, 2.05) is 0 Å². The number of amides is 2. The maximum Gasteiger partial charge on any atom is 0.319 e. The fourth-order valence-electron chi connectivity index (χ4n) is 2.05. The topological polar surface area (TPSA) is 87.2 Å². The first kappa shape index (κ1) is 15.3. The number of esters is 1. The highest BCUT2D eigenvalue weighted by Gasteiger charge is 2.29. The molecule has 1 atom stereocenters. The van der Waals surface area contributed by atoms with Crippen molar-refractivity contribution < 1.29 is 24.2 Å². The summed E-state index contributed by atoms with van der Waals surface area (Å²) in [6.07, 6.45) is 1.42.